The van der Waals surface area contributed by atoms with Crippen LogP contribution in [0.1, 0.15) is 15.9 Å². The zero-order valence-electron chi connectivity index (χ0n) is 25.1. The summed E-state index contributed by atoms with van der Waals surface area (Å²) in [5.74, 6) is -0.311. The van der Waals surface area contributed by atoms with Crippen LogP contribution >= 0.6 is 0 Å². The van der Waals surface area contributed by atoms with E-state index in [-0.39, 0.29) is 23.5 Å². The van der Waals surface area contributed by atoms with Gasteiger partial charge in [-0.1, -0.05) is 18.2 Å². The molecule has 47 heavy (non-hydrogen) atoms. The van der Waals surface area contributed by atoms with Crippen LogP contribution in [0.25, 0.3) is 56.1 Å². The van der Waals surface area contributed by atoms with E-state index in [1.807, 2.05) is 24.3 Å². The zero-order valence-corrected chi connectivity index (χ0v) is 26.0. The maximum absolute atomic E-state index is 13.8. The minimum absolute atomic E-state index is 0.0184. The van der Waals surface area contributed by atoms with E-state index in [2.05, 4.69) is 20.3 Å². The molecule has 1 amide bonds. The molecular weight excluding hydrogens is 621 g/mol. The molecule has 0 spiro atoms. The summed E-state index contributed by atoms with van der Waals surface area (Å²) in [5, 5.41) is 3.10. The molecule has 0 fully saturated rings. The molecule has 0 unspecified atom stereocenters. The molecule has 4 aromatic heterocycles. The molecule has 7 rings (SSSR count). The standard InChI is InChI=1S/C35H26FN5O5S/c1-37-34(42)31-27-17-26(23-7-3-8-24(16-23)35-40-33-29(46-35)9-5-15-39-33)28(41(47(2,43)44)20-21-6-4-14-38-19-21)18-30(27)45-32(31)22-10-12-25(36)13-11-22/h3-19H,20H2,1-2H3,(H,37,42). The third-order valence-corrected chi connectivity index (χ3v) is 8.80. The summed E-state index contributed by atoms with van der Waals surface area (Å²) in [7, 11) is -2.37. The molecule has 0 aliphatic carbocycles. The number of nitrogens with one attached hydrogen (secondary N) is 1. The molecule has 12 heteroatoms. The Morgan fingerprint density at radius 1 is 0.894 bits per heavy atom. The van der Waals surface area contributed by atoms with Gasteiger partial charge >= 0.3 is 0 Å². The lowest BCUT2D eigenvalue weighted by molar-refractivity contribution is 0.0964. The summed E-state index contributed by atoms with van der Waals surface area (Å²) in [6.45, 7) is -0.0184. The maximum Gasteiger partial charge on any atom is 0.255 e. The summed E-state index contributed by atoms with van der Waals surface area (Å²) in [5.41, 5.74) is 4.68. The van der Waals surface area contributed by atoms with Crippen LogP contribution < -0.4 is 9.62 Å². The quantitative estimate of drug-likeness (QED) is 0.190. The molecule has 0 atom stereocenters. The minimum atomic E-state index is -3.87. The number of sulfonamides is 1. The number of pyridine rings is 2. The monoisotopic (exact) mass is 647 g/mol. The number of halogens is 1. The van der Waals surface area contributed by atoms with Gasteiger partial charge in [0, 0.05) is 53.8 Å². The predicted octanol–water partition coefficient (Wildman–Crippen LogP) is 6.83. The molecule has 0 aliphatic rings. The molecule has 10 nitrogen and oxygen atoms in total. The fourth-order valence-corrected chi connectivity index (χ4v) is 6.37. The van der Waals surface area contributed by atoms with Gasteiger partial charge in [-0.2, -0.15) is 4.98 Å². The number of benzene rings is 3. The lowest BCUT2D eigenvalue weighted by atomic mass is 9.97. The molecule has 7 aromatic rings. The summed E-state index contributed by atoms with van der Waals surface area (Å²) in [6.07, 6.45) is 5.96. The van der Waals surface area contributed by atoms with Crippen molar-refractivity contribution in [1.29, 1.82) is 0 Å². The van der Waals surface area contributed by atoms with Crippen molar-refractivity contribution in [2.75, 3.05) is 17.6 Å². The number of fused-ring (bicyclic) bond motifs is 2. The van der Waals surface area contributed by atoms with Crippen molar-refractivity contribution in [3.05, 3.63) is 120 Å². The third-order valence-electron chi connectivity index (χ3n) is 7.67. The Labute approximate surface area is 268 Å². The van der Waals surface area contributed by atoms with Crippen LogP contribution in [0.5, 0.6) is 0 Å². The van der Waals surface area contributed by atoms with Gasteiger partial charge in [-0.25, -0.2) is 17.8 Å². The van der Waals surface area contributed by atoms with Gasteiger partial charge in [-0.15, -0.1) is 0 Å². The van der Waals surface area contributed by atoms with Crippen LogP contribution in [0.3, 0.4) is 0 Å². The molecule has 3 aromatic carbocycles. The highest BCUT2D eigenvalue weighted by atomic mass is 32.2. The van der Waals surface area contributed by atoms with Crippen LogP contribution in [-0.4, -0.2) is 42.6 Å². The number of aromatic nitrogens is 3. The van der Waals surface area contributed by atoms with E-state index in [0.29, 0.717) is 56.0 Å². The smallest absolute Gasteiger partial charge is 0.255 e. The Morgan fingerprint density at radius 3 is 2.40 bits per heavy atom. The number of carbonyl (C=O) groups excluding carboxylic acids is 1. The largest absolute Gasteiger partial charge is 0.455 e. The molecule has 0 saturated carbocycles. The normalized spacial score (nSPS) is 11.6. The second kappa shape index (κ2) is 11.8. The van der Waals surface area contributed by atoms with Crippen molar-refractivity contribution in [2.45, 2.75) is 6.54 Å². The first-order valence-electron chi connectivity index (χ1n) is 14.5. The van der Waals surface area contributed by atoms with Gasteiger partial charge in [0.1, 0.15) is 17.2 Å². The lowest BCUT2D eigenvalue weighted by Gasteiger charge is -2.25. The average molecular weight is 648 g/mol. The number of carbonyl (C=O) groups is 1. The lowest BCUT2D eigenvalue weighted by Crippen LogP contribution is -2.29. The Kier molecular flexibility index (Phi) is 7.49. The molecular formula is C35H26FN5O5S. The number of oxazole rings is 1. The third kappa shape index (κ3) is 5.70. The van der Waals surface area contributed by atoms with E-state index in [0.717, 1.165) is 6.26 Å². The molecule has 1 N–H and O–H groups in total. The van der Waals surface area contributed by atoms with Crippen molar-refractivity contribution < 1.29 is 26.4 Å². The fourth-order valence-electron chi connectivity index (χ4n) is 5.48. The molecule has 0 bridgehead atoms. The number of amides is 1. The van der Waals surface area contributed by atoms with E-state index >= 15 is 0 Å². The Balaban J connectivity index is 1.49. The summed E-state index contributed by atoms with van der Waals surface area (Å²) in [6, 6.07) is 23.3. The first kappa shape index (κ1) is 29.8. The van der Waals surface area contributed by atoms with Crippen molar-refractivity contribution in [3.8, 4) is 33.9 Å². The minimum Gasteiger partial charge on any atom is -0.455 e. The van der Waals surface area contributed by atoms with Crippen LogP contribution in [0.2, 0.25) is 0 Å². The van der Waals surface area contributed by atoms with Gasteiger partial charge in [0.2, 0.25) is 15.9 Å². The van der Waals surface area contributed by atoms with Gasteiger partial charge in [0.05, 0.1) is 24.1 Å². The van der Waals surface area contributed by atoms with E-state index in [9.17, 15) is 17.6 Å². The van der Waals surface area contributed by atoms with Crippen molar-refractivity contribution in [3.63, 3.8) is 0 Å². The van der Waals surface area contributed by atoms with Crippen LogP contribution in [0, 0.1) is 5.82 Å². The first-order valence-corrected chi connectivity index (χ1v) is 16.3. The van der Waals surface area contributed by atoms with Gasteiger partial charge in [0.25, 0.3) is 5.91 Å². The van der Waals surface area contributed by atoms with E-state index in [1.54, 1.807) is 55.0 Å². The van der Waals surface area contributed by atoms with Crippen LogP contribution in [-0.2, 0) is 16.6 Å². The summed E-state index contributed by atoms with van der Waals surface area (Å²) < 4.78 is 54.3. The van der Waals surface area contributed by atoms with Crippen molar-refractivity contribution in [2.24, 2.45) is 0 Å². The second-order valence-corrected chi connectivity index (χ2v) is 12.7. The fraction of sp³-hybridized carbons (Fsp3) is 0.0857. The van der Waals surface area contributed by atoms with Gasteiger partial charge in [-0.3, -0.25) is 14.1 Å². The van der Waals surface area contributed by atoms with E-state index in [4.69, 9.17) is 8.83 Å². The highest BCUT2D eigenvalue weighted by molar-refractivity contribution is 7.92. The number of furan rings is 1. The average Bonchev–Trinajstić information content (AvgIpc) is 3.68. The van der Waals surface area contributed by atoms with E-state index < -0.39 is 21.7 Å². The number of hydrogen-bond donors (Lipinski definition) is 1. The van der Waals surface area contributed by atoms with E-state index in [1.165, 1.54) is 35.6 Å². The second-order valence-electron chi connectivity index (χ2n) is 10.8. The predicted molar refractivity (Wildman–Crippen MR) is 176 cm³/mol. The Bertz CT molecular complexity index is 2360. The first-order chi connectivity index (χ1) is 22.7. The number of anilines is 1. The molecule has 0 aliphatic heterocycles. The SMILES string of the molecule is CNC(=O)c1c(-c2ccc(F)cc2)oc2cc(N(Cc3cccnc3)S(C)(=O)=O)c(-c3cccc(-c4nc5ncccc5o4)c3)cc12. The summed E-state index contributed by atoms with van der Waals surface area (Å²) in [4.78, 5) is 26.3. The van der Waals surface area contributed by atoms with Crippen molar-refractivity contribution in [1.82, 2.24) is 20.3 Å². The van der Waals surface area contributed by atoms with Crippen molar-refractivity contribution >= 4 is 43.8 Å². The maximum atomic E-state index is 13.8. The van der Waals surface area contributed by atoms with Crippen LogP contribution in [0.4, 0.5) is 10.1 Å². The number of hydrogen-bond acceptors (Lipinski definition) is 8. The van der Waals surface area contributed by atoms with Gasteiger partial charge in [0.15, 0.2) is 11.2 Å². The topological polar surface area (TPSA) is 131 Å². The molecule has 0 saturated heterocycles. The number of rotatable bonds is 8. The highest BCUT2D eigenvalue weighted by Crippen LogP contribution is 2.42. The number of nitrogens with zero attached hydrogens (tertiary/aromatic N) is 4. The van der Waals surface area contributed by atoms with Crippen LogP contribution in [0.15, 0.2) is 112 Å². The summed E-state index contributed by atoms with van der Waals surface area (Å²) >= 11 is 0. The molecule has 234 valence electrons. The molecule has 4 heterocycles. The Hall–Kier alpha value is -5.88. The molecule has 0 radical (unpaired) electrons. The zero-order chi connectivity index (χ0) is 32.7. The highest BCUT2D eigenvalue weighted by Gasteiger charge is 2.28. The van der Waals surface area contributed by atoms with Gasteiger partial charge in [-0.05, 0) is 71.8 Å². The van der Waals surface area contributed by atoms with Gasteiger partial charge < -0.3 is 14.2 Å². The Morgan fingerprint density at radius 2 is 1.68 bits per heavy atom.